The Morgan fingerprint density at radius 1 is 1.38 bits per heavy atom. The van der Waals surface area contributed by atoms with Crippen LogP contribution in [-0.4, -0.2) is 23.3 Å². The van der Waals surface area contributed by atoms with Crippen LogP contribution in [0.25, 0.3) is 0 Å². The summed E-state index contributed by atoms with van der Waals surface area (Å²) in [5.74, 6) is -1.42. The number of hydrogen-bond acceptors (Lipinski definition) is 5. The Hall–Kier alpha value is -2.37. The normalized spacial score (nSPS) is 26.6. The molecule has 2 unspecified atom stereocenters. The van der Waals surface area contributed by atoms with Crippen molar-refractivity contribution in [3.05, 3.63) is 35.9 Å². The fraction of sp³-hybridized carbons (Fsp3) is 0.438. The van der Waals surface area contributed by atoms with Crippen LogP contribution < -0.4 is 0 Å². The van der Waals surface area contributed by atoms with Crippen LogP contribution in [-0.2, 0) is 9.53 Å². The van der Waals surface area contributed by atoms with Crippen molar-refractivity contribution in [3.63, 3.8) is 0 Å². The molecule has 108 valence electrons. The third-order valence-corrected chi connectivity index (χ3v) is 4.14. The fourth-order valence-electron chi connectivity index (χ4n) is 3.04. The van der Waals surface area contributed by atoms with Gasteiger partial charge in [0.05, 0.1) is 18.7 Å². The molecule has 5 heteroatoms. The van der Waals surface area contributed by atoms with Gasteiger partial charge in [-0.25, -0.2) is 4.79 Å². The molecule has 0 aromatic heterocycles. The van der Waals surface area contributed by atoms with Crippen molar-refractivity contribution in [3.8, 4) is 12.1 Å². The molecule has 1 fully saturated rings. The van der Waals surface area contributed by atoms with Crippen molar-refractivity contribution in [1.29, 1.82) is 10.5 Å². The molecule has 1 saturated carbocycles. The third kappa shape index (κ3) is 2.07. The van der Waals surface area contributed by atoms with Crippen molar-refractivity contribution >= 4 is 5.97 Å². The van der Waals surface area contributed by atoms with Gasteiger partial charge in [0.15, 0.2) is 11.0 Å². The number of carbonyl (C=O) groups is 1. The number of carbonyl (C=O) groups excluding carboxylic acids is 1. The average Bonchev–Trinajstić information content (AvgIpc) is 2.82. The average molecular weight is 284 g/mol. The van der Waals surface area contributed by atoms with Gasteiger partial charge in [0, 0.05) is 5.92 Å². The second-order valence-electron chi connectivity index (χ2n) is 5.11. The van der Waals surface area contributed by atoms with Gasteiger partial charge in [0.25, 0.3) is 0 Å². The highest BCUT2D eigenvalue weighted by Gasteiger charge is 2.66. The van der Waals surface area contributed by atoms with Gasteiger partial charge in [0.1, 0.15) is 0 Å². The van der Waals surface area contributed by atoms with Gasteiger partial charge in [-0.15, -0.1) is 0 Å². The Bertz CT molecular complexity index is 601. The molecule has 0 heterocycles. The molecule has 2 rings (SSSR count). The van der Waals surface area contributed by atoms with Crippen LogP contribution in [0.15, 0.2) is 30.3 Å². The zero-order valence-electron chi connectivity index (χ0n) is 11.7. The molecule has 1 aliphatic carbocycles. The second kappa shape index (κ2) is 5.55. The number of nitriles is 2. The molecule has 1 aliphatic rings. The number of ether oxygens (including phenoxy) is 1. The first-order valence-corrected chi connectivity index (χ1v) is 6.82. The van der Waals surface area contributed by atoms with Crippen molar-refractivity contribution < 1.29 is 14.6 Å². The predicted molar refractivity (Wildman–Crippen MR) is 73.7 cm³/mol. The van der Waals surface area contributed by atoms with Gasteiger partial charge in [-0.2, -0.15) is 10.5 Å². The number of nitrogens with zero attached hydrogens (tertiary/aromatic N) is 2. The van der Waals surface area contributed by atoms with Crippen molar-refractivity contribution in [2.45, 2.75) is 31.3 Å². The quantitative estimate of drug-likeness (QED) is 0.855. The van der Waals surface area contributed by atoms with Gasteiger partial charge in [-0.1, -0.05) is 30.3 Å². The molecule has 0 spiro atoms. The van der Waals surface area contributed by atoms with Crippen LogP contribution >= 0.6 is 0 Å². The van der Waals surface area contributed by atoms with E-state index in [0.29, 0.717) is 6.42 Å². The Morgan fingerprint density at radius 2 is 2.00 bits per heavy atom. The summed E-state index contributed by atoms with van der Waals surface area (Å²) in [6.07, 6.45) is 0.410. The van der Waals surface area contributed by atoms with E-state index in [1.54, 1.807) is 31.2 Å². The van der Waals surface area contributed by atoms with Gasteiger partial charge in [-0.3, -0.25) is 0 Å². The van der Waals surface area contributed by atoms with E-state index in [9.17, 15) is 20.4 Å². The smallest absolute Gasteiger partial charge is 0.340 e. The van der Waals surface area contributed by atoms with Crippen LogP contribution in [0.4, 0.5) is 0 Å². The Balaban J connectivity index is 2.52. The molecule has 5 nitrogen and oxygen atoms in total. The summed E-state index contributed by atoms with van der Waals surface area (Å²) in [4.78, 5) is 12.1. The highest BCUT2D eigenvalue weighted by Crippen LogP contribution is 2.55. The highest BCUT2D eigenvalue weighted by molar-refractivity contribution is 5.83. The molecule has 1 aromatic carbocycles. The number of rotatable bonds is 3. The molecule has 1 N–H and O–H groups in total. The predicted octanol–water partition coefficient (Wildman–Crippen LogP) is 1.89. The molecule has 0 amide bonds. The molecule has 21 heavy (non-hydrogen) atoms. The number of benzene rings is 1. The van der Waals surface area contributed by atoms with Gasteiger partial charge in [-0.05, 0) is 25.3 Å². The molecule has 1 aromatic rings. The molecule has 0 bridgehead atoms. The van der Waals surface area contributed by atoms with Crippen molar-refractivity contribution in [2.75, 3.05) is 6.61 Å². The lowest BCUT2D eigenvalue weighted by Crippen LogP contribution is -2.51. The van der Waals surface area contributed by atoms with E-state index in [1.165, 1.54) is 0 Å². The third-order valence-electron chi connectivity index (χ3n) is 4.14. The lowest BCUT2D eigenvalue weighted by atomic mass is 9.69. The van der Waals surface area contributed by atoms with Crippen LogP contribution in [0.2, 0.25) is 0 Å². The van der Waals surface area contributed by atoms with E-state index < -0.39 is 22.9 Å². The van der Waals surface area contributed by atoms with Crippen LogP contribution in [0.3, 0.4) is 0 Å². The topological polar surface area (TPSA) is 94.1 Å². The fourth-order valence-corrected chi connectivity index (χ4v) is 3.04. The van der Waals surface area contributed by atoms with E-state index in [1.807, 2.05) is 18.2 Å². The summed E-state index contributed by atoms with van der Waals surface area (Å²) >= 11 is 0. The number of hydrogen-bond donors (Lipinski definition) is 1. The zero-order chi connectivity index (χ0) is 15.5. The van der Waals surface area contributed by atoms with Crippen LogP contribution in [0.5, 0.6) is 0 Å². The SMILES string of the molecule is CCOC(=O)C1(O)CCC(c2ccccc2)C1(C#N)C#N. The Kier molecular flexibility index (Phi) is 3.97. The minimum atomic E-state index is -2.09. The van der Waals surface area contributed by atoms with Gasteiger partial charge < -0.3 is 9.84 Å². The van der Waals surface area contributed by atoms with Crippen molar-refractivity contribution in [1.82, 2.24) is 0 Å². The lowest BCUT2D eigenvalue weighted by Gasteiger charge is -2.32. The summed E-state index contributed by atoms with van der Waals surface area (Å²) in [6.45, 7) is 1.70. The summed E-state index contributed by atoms with van der Waals surface area (Å²) in [5, 5.41) is 29.8. The lowest BCUT2D eigenvalue weighted by molar-refractivity contribution is -0.170. The first-order valence-electron chi connectivity index (χ1n) is 6.82. The number of aliphatic hydroxyl groups is 1. The first kappa shape index (κ1) is 15.0. The minimum Gasteiger partial charge on any atom is -0.464 e. The van der Waals surface area contributed by atoms with E-state index in [2.05, 4.69) is 0 Å². The zero-order valence-corrected chi connectivity index (χ0v) is 11.7. The first-order chi connectivity index (χ1) is 10.1. The molecule has 2 atom stereocenters. The van der Waals surface area contributed by atoms with Crippen LogP contribution in [0.1, 0.15) is 31.2 Å². The van der Waals surface area contributed by atoms with Gasteiger partial charge in [0.2, 0.25) is 0 Å². The van der Waals surface area contributed by atoms with E-state index in [0.717, 1.165) is 5.56 Å². The summed E-state index contributed by atoms with van der Waals surface area (Å²) in [7, 11) is 0. The molecular weight excluding hydrogens is 268 g/mol. The van der Waals surface area contributed by atoms with E-state index in [4.69, 9.17) is 4.74 Å². The van der Waals surface area contributed by atoms with Gasteiger partial charge >= 0.3 is 5.97 Å². The van der Waals surface area contributed by atoms with E-state index >= 15 is 0 Å². The largest absolute Gasteiger partial charge is 0.464 e. The number of esters is 1. The van der Waals surface area contributed by atoms with Crippen molar-refractivity contribution in [2.24, 2.45) is 5.41 Å². The summed E-state index contributed by atoms with van der Waals surface area (Å²) in [5.41, 5.74) is -3.16. The molecule has 0 aliphatic heterocycles. The Labute approximate surface area is 123 Å². The Morgan fingerprint density at radius 3 is 2.52 bits per heavy atom. The minimum absolute atomic E-state index is 0.0342. The molecule has 0 saturated heterocycles. The second-order valence-corrected chi connectivity index (χ2v) is 5.11. The molecule has 0 radical (unpaired) electrons. The maximum atomic E-state index is 12.1. The van der Waals surface area contributed by atoms with Crippen LogP contribution in [0, 0.1) is 28.1 Å². The summed E-state index contributed by atoms with van der Waals surface area (Å²) < 4.78 is 4.88. The maximum absolute atomic E-state index is 12.1. The monoisotopic (exact) mass is 284 g/mol. The molecular formula is C16H16N2O3. The summed E-state index contributed by atoms with van der Waals surface area (Å²) in [6, 6.07) is 12.8. The maximum Gasteiger partial charge on any atom is 0.340 e. The standard InChI is InChI=1S/C16H16N2O3/c1-2-21-14(19)16(20)9-8-13(15(16,10-17)11-18)12-6-4-3-5-7-12/h3-7,13,20H,2,8-9H2,1H3. The van der Waals surface area contributed by atoms with E-state index in [-0.39, 0.29) is 13.0 Å². The highest BCUT2D eigenvalue weighted by atomic mass is 16.5.